The maximum atomic E-state index is 9.60. The zero-order valence-electron chi connectivity index (χ0n) is 11.5. The fourth-order valence-corrected chi connectivity index (χ4v) is 0.891. The molecule has 3 heteroatoms. The second-order valence-corrected chi connectivity index (χ2v) is 3.52. The minimum Gasteiger partial charge on any atom is -0.481 e. The van der Waals surface area contributed by atoms with Gasteiger partial charge in [0.2, 0.25) is 0 Å². The first kappa shape index (κ1) is 20.8. The first-order valence-electron chi connectivity index (χ1n) is 6.43. The van der Waals surface area contributed by atoms with Gasteiger partial charge in [-0.15, -0.1) is 0 Å². The topological polar surface area (TPSA) is 57.5 Å². The molecule has 0 spiro atoms. The van der Waals surface area contributed by atoms with Gasteiger partial charge in [0.05, 0.1) is 0 Å². The van der Waals surface area contributed by atoms with Crippen molar-refractivity contribution >= 4 is 5.97 Å². The second kappa shape index (κ2) is 23.9. The summed E-state index contributed by atoms with van der Waals surface area (Å²) in [6.45, 7) is 8.26. The van der Waals surface area contributed by atoms with Crippen molar-refractivity contribution in [3.8, 4) is 0 Å². The Bertz CT molecular complexity index is 110. The molecule has 0 atom stereocenters. The molecule has 0 saturated carbocycles. The van der Waals surface area contributed by atoms with Crippen LogP contribution in [-0.2, 0) is 4.79 Å². The van der Waals surface area contributed by atoms with Gasteiger partial charge in [-0.05, 0) is 13.3 Å². The van der Waals surface area contributed by atoms with Crippen LogP contribution in [0.3, 0.4) is 0 Å². The van der Waals surface area contributed by atoms with Crippen LogP contribution in [0.5, 0.6) is 0 Å². The van der Waals surface area contributed by atoms with E-state index < -0.39 is 5.97 Å². The number of hydrogen-bond acceptors (Lipinski definition) is 2. The third-order valence-corrected chi connectivity index (χ3v) is 1.67. The Kier molecular flexibility index (Phi) is 31.1. The maximum absolute atomic E-state index is 9.60. The Hall–Kier alpha value is -0.570. The van der Waals surface area contributed by atoms with Gasteiger partial charge in [-0.1, -0.05) is 52.9 Å². The van der Waals surface area contributed by atoms with Crippen LogP contribution in [0, 0.1) is 0 Å². The summed E-state index contributed by atoms with van der Waals surface area (Å²) in [7, 11) is 0. The fraction of sp³-hybridized carbons (Fsp3) is 0.923. The Morgan fingerprint density at radius 3 is 1.38 bits per heavy atom. The predicted molar refractivity (Wildman–Crippen MR) is 69.7 cm³/mol. The SMILES string of the molecule is CCCC(=O)O.CCCCCCC.CCO. The number of aliphatic hydroxyl groups excluding tert-OH is 1. The molecule has 0 aliphatic heterocycles. The van der Waals surface area contributed by atoms with Crippen molar-refractivity contribution in [2.75, 3.05) is 6.61 Å². The van der Waals surface area contributed by atoms with Crippen molar-refractivity contribution in [2.45, 2.75) is 72.6 Å². The van der Waals surface area contributed by atoms with Crippen molar-refractivity contribution in [1.82, 2.24) is 0 Å². The van der Waals surface area contributed by atoms with Gasteiger partial charge < -0.3 is 10.2 Å². The summed E-state index contributed by atoms with van der Waals surface area (Å²) in [5.74, 6) is -0.711. The summed E-state index contributed by atoms with van der Waals surface area (Å²) >= 11 is 0. The van der Waals surface area contributed by atoms with E-state index in [1.165, 1.54) is 32.1 Å². The molecule has 100 valence electrons. The average Bonchev–Trinajstić information content (AvgIpc) is 2.20. The van der Waals surface area contributed by atoms with Crippen LogP contribution in [0.15, 0.2) is 0 Å². The van der Waals surface area contributed by atoms with Gasteiger partial charge in [-0.25, -0.2) is 0 Å². The van der Waals surface area contributed by atoms with Crippen LogP contribution >= 0.6 is 0 Å². The number of carboxylic acid groups (broad SMARTS) is 1. The van der Waals surface area contributed by atoms with Gasteiger partial charge in [-0.2, -0.15) is 0 Å². The summed E-state index contributed by atoms with van der Waals surface area (Å²) in [4.78, 5) is 9.60. The predicted octanol–water partition coefficient (Wildman–Crippen LogP) is 3.85. The molecular weight excluding hydrogens is 204 g/mol. The summed E-state index contributed by atoms with van der Waals surface area (Å²) in [6.07, 6.45) is 8.03. The molecule has 0 fully saturated rings. The van der Waals surface area contributed by atoms with Crippen LogP contribution < -0.4 is 0 Å². The highest BCUT2D eigenvalue weighted by Gasteiger charge is 1.87. The highest BCUT2D eigenvalue weighted by Crippen LogP contribution is 2.00. The minimum atomic E-state index is -0.711. The van der Waals surface area contributed by atoms with E-state index in [0.717, 1.165) is 6.42 Å². The normalized spacial score (nSPS) is 8.31. The Labute approximate surface area is 101 Å². The van der Waals surface area contributed by atoms with Crippen LogP contribution in [0.1, 0.15) is 72.6 Å². The van der Waals surface area contributed by atoms with E-state index >= 15 is 0 Å². The molecule has 0 heterocycles. The lowest BCUT2D eigenvalue weighted by molar-refractivity contribution is -0.137. The standard InChI is InChI=1S/C7H16.C4H8O2.C2H6O/c1-3-5-7-6-4-2;1-2-3-4(5)6;1-2-3/h3-7H2,1-2H3;2-3H2,1H3,(H,5,6);3H,2H2,1H3. The largest absolute Gasteiger partial charge is 0.481 e. The van der Waals surface area contributed by atoms with Crippen molar-refractivity contribution < 1.29 is 15.0 Å². The molecule has 0 saturated heterocycles. The van der Waals surface area contributed by atoms with E-state index in [1.54, 1.807) is 6.92 Å². The van der Waals surface area contributed by atoms with Crippen molar-refractivity contribution in [1.29, 1.82) is 0 Å². The Morgan fingerprint density at radius 2 is 1.25 bits per heavy atom. The van der Waals surface area contributed by atoms with Gasteiger partial charge in [0.25, 0.3) is 0 Å². The summed E-state index contributed by atoms with van der Waals surface area (Å²) in [5.41, 5.74) is 0. The molecule has 2 N–H and O–H groups in total. The fourth-order valence-electron chi connectivity index (χ4n) is 0.891. The van der Waals surface area contributed by atoms with Gasteiger partial charge in [0.1, 0.15) is 0 Å². The quantitative estimate of drug-likeness (QED) is 0.686. The zero-order valence-corrected chi connectivity index (χ0v) is 11.5. The summed E-state index contributed by atoms with van der Waals surface area (Å²) in [5, 5.41) is 15.5. The van der Waals surface area contributed by atoms with Gasteiger partial charge in [0.15, 0.2) is 0 Å². The van der Waals surface area contributed by atoms with E-state index in [-0.39, 0.29) is 6.61 Å². The maximum Gasteiger partial charge on any atom is 0.303 e. The van der Waals surface area contributed by atoms with Crippen molar-refractivity contribution in [2.24, 2.45) is 0 Å². The van der Waals surface area contributed by atoms with E-state index in [9.17, 15) is 4.79 Å². The van der Waals surface area contributed by atoms with E-state index in [0.29, 0.717) is 6.42 Å². The third-order valence-electron chi connectivity index (χ3n) is 1.67. The molecular formula is C13H30O3. The first-order valence-corrected chi connectivity index (χ1v) is 6.43. The molecule has 0 rings (SSSR count). The third kappa shape index (κ3) is 50.2. The number of aliphatic hydroxyl groups is 1. The van der Waals surface area contributed by atoms with E-state index in [1.807, 2.05) is 6.92 Å². The number of rotatable bonds is 6. The number of unbranched alkanes of at least 4 members (excludes halogenated alkanes) is 4. The van der Waals surface area contributed by atoms with Crippen LogP contribution in [0.4, 0.5) is 0 Å². The molecule has 0 amide bonds. The molecule has 0 unspecified atom stereocenters. The lowest BCUT2D eigenvalue weighted by atomic mass is 10.2. The smallest absolute Gasteiger partial charge is 0.303 e. The van der Waals surface area contributed by atoms with E-state index in [4.69, 9.17) is 10.2 Å². The molecule has 0 aromatic carbocycles. The monoisotopic (exact) mass is 234 g/mol. The van der Waals surface area contributed by atoms with Crippen molar-refractivity contribution in [3.63, 3.8) is 0 Å². The number of carbonyl (C=O) groups is 1. The lowest BCUT2D eigenvalue weighted by Crippen LogP contribution is -1.90. The van der Waals surface area contributed by atoms with Crippen LogP contribution in [0.2, 0.25) is 0 Å². The second-order valence-electron chi connectivity index (χ2n) is 3.52. The Balaban J connectivity index is -0.000000172. The molecule has 0 aliphatic rings. The molecule has 0 radical (unpaired) electrons. The van der Waals surface area contributed by atoms with Gasteiger partial charge in [0, 0.05) is 13.0 Å². The Morgan fingerprint density at radius 1 is 0.875 bits per heavy atom. The zero-order chi connectivity index (χ0) is 13.2. The van der Waals surface area contributed by atoms with E-state index in [2.05, 4.69) is 13.8 Å². The average molecular weight is 234 g/mol. The van der Waals surface area contributed by atoms with Crippen LogP contribution in [-0.4, -0.2) is 22.8 Å². The molecule has 0 aromatic rings. The first-order chi connectivity index (χ1) is 7.60. The molecule has 3 nitrogen and oxygen atoms in total. The highest BCUT2D eigenvalue weighted by molar-refractivity contribution is 5.66. The molecule has 0 bridgehead atoms. The summed E-state index contributed by atoms with van der Waals surface area (Å²) in [6, 6.07) is 0. The van der Waals surface area contributed by atoms with Crippen LogP contribution in [0.25, 0.3) is 0 Å². The van der Waals surface area contributed by atoms with Gasteiger partial charge >= 0.3 is 5.97 Å². The minimum absolute atomic E-state index is 0.250. The summed E-state index contributed by atoms with van der Waals surface area (Å²) < 4.78 is 0. The van der Waals surface area contributed by atoms with Gasteiger partial charge in [-0.3, -0.25) is 4.79 Å². The number of carboxylic acids is 1. The number of hydrogen-bond donors (Lipinski definition) is 2. The molecule has 0 aliphatic carbocycles. The number of aliphatic carboxylic acids is 1. The molecule has 16 heavy (non-hydrogen) atoms. The van der Waals surface area contributed by atoms with Crippen molar-refractivity contribution in [3.05, 3.63) is 0 Å². The molecule has 0 aromatic heterocycles. The lowest BCUT2D eigenvalue weighted by Gasteiger charge is -1.90. The highest BCUT2D eigenvalue weighted by atomic mass is 16.4.